The number of ketones is 1. The Balaban J connectivity index is 2.51. The van der Waals surface area contributed by atoms with E-state index in [0.29, 0.717) is 0 Å². The lowest BCUT2D eigenvalue weighted by atomic mass is 10.0. The molecule has 0 N–H and O–H groups in total. The summed E-state index contributed by atoms with van der Waals surface area (Å²) in [5, 5.41) is -0.200. The first-order valence-electron chi connectivity index (χ1n) is 4.94. The maximum Gasteiger partial charge on any atom is 0.194 e. The van der Waals surface area contributed by atoms with Crippen LogP contribution in [0, 0.1) is 11.6 Å². The summed E-state index contributed by atoms with van der Waals surface area (Å²) < 4.78 is 26.4. The zero-order chi connectivity index (χ0) is 13.3. The van der Waals surface area contributed by atoms with Crippen molar-refractivity contribution in [2.75, 3.05) is 0 Å². The molecule has 0 amide bonds. The zero-order valence-corrected chi connectivity index (χ0v) is 10.4. The average molecular weight is 287 g/mol. The molecule has 92 valence electrons. The van der Waals surface area contributed by atoms with Crippen molar-refractivity contribution in [3.05, 3.63) is 69.2 Å². The molecule has 2 aromatic rings. The highest BCUT2D eigenvalue weighted by Crippen LogP contribution is 2.24. The highest BCUT2D eigenvalue weighted by molar-refractivity contribution is 6.35. The van der Waals surface area contributed by atoms with Crippen molar-refractivity contribution in [2.24, 2.45) is 0 Å². The van der Waals surface area contributed by atoms with Gasteiger partial charge in [-0.1, -0.05) is 29.3 Å². The van der Waals surface area contributed by atoms with E-state index in [-0.39, 0.29) is 21.2 Å². The Morgan fingerprint density at radius 3 is 2.44 bits per heavy atom. The third-order valence-corrected chi connectivity index (χ3v) is 2.92. The van der Waals surface area contributed by atoms with E-state index >= 15 is 0 Å². The topological polar surface area (TPSA) is 17.1 Å². The first-order chi connectivity index (χ1) is 8.49. The minimum Gasteiger partial charge on any atom is -0.289 e. The molecule has 0 unspecified atom stereocenters. The van der Waals surface area contributed by atoms with Crippen LogP contribution in [-0.4, -0.2) is 5.78 Å². The summed E-state index contributed by atoms with van der Waals surface area (Å²) in [6.07, 6.45) is 0. The molecule has 0 aliphatic carbocycles. The van der Waals surface area contributed by atoms with Crippen LogP contribution in [0.5, 0.6) is 0 Å². The summed E-state index contributed by atoms with van der Waals surface area (Å²) in [4.78, 5) is 12.0. The number of rotatable bonds is 2. The van der Waals surface area contributed by atoms with Crippen LogP contribution in [0.15, 0.2) is 36.4 Å². The summed E-state index contributed by atoms with van der Waals surface area (Å²) in [5.41, 5.74) is -0.00849. The van der Waals surface area contributed by atoms with Crippen molar-refractivity contribution in [2.45, 2.75) is 0 Å². The fourth-order valence-electron chi connectivity index (χ4n) is 1.52. The van der Waals surface area contributed by atoms with Gasteiger partial charge < -0.3 is 0 Å². The van der Waals surface area contributed by atoms with Gasteiger partial charge in [0.05, 0.1) is 5.02 Å². The Hall–Kier alpha value is -1.45. The van der Waals surface area contributed by atoms with E-state index in [4.69, 9.17) is 23.2 Å². The fourth-order valence-corrected chi connectivity index (χ4v) is 1.95. The molecule has 2 rings (SSSR count). The normalized spacial score (nSPS) is 10.4. The first-order valence-corrected chi connectivity index (χ1v) is 5.69. The third-order valence-electron chi connectivity index (χ3n) is 2.32. The Bertz CT molecular complexity index is 606. The molecule has 0 aliphatic heterocycles. The van der Waals surface area contributed by atoms with Crippen molar-refractivity contribution >= 4 is 29.0 Å². The van der Waals surface area contributed by atoms with Gasteiger partial charge in [0.2, 0.25) is 0 Å². The second-order valence-electron chi connectivity index (χ2n) is 3.59. The molecule has 0 heterocycles. The second kappa shape index (κ2) is 5.04. The summed E-state index contributed by atoms with van der Waals surface area (Å²) >= 11 is 11.3. The van der Waals surface area contributed by atoms with E-state index < -0.39 is 17.4 Å². The van der Waals surface area contributed by atoms with E-state index in [9.17, 15) is 13.6 Å². The molecule has 18 heavy (non-hydrogen) atoms. The van der Waals surface area contributed by atoms with Gasteiger partial charge in [0.15, 0.2) is 5.78 Å². The first kappa shape index (κ1) is 13.0. The van der Waals surface area contributed by atoms with Crippen LogP contribution < -0.4 is 0 Å². The Kier molecular flexibility index (Phi) is 3.64. The predicted octanol–water partition coefficient (Wildman–Crippen LogP) is 4.50. The van der Waals surface area contributed by atoms with E-state index in [1.54, 1.807) is 0 Å². The van der Waals surface area contributed by atoms with Crippen LogP contribution in [-0.2, 0) is 0 Å². The Morgan fingerprint density at radius 2 is 1.78 bits per heavy atom. The van der Waals surface area contributed by atoms with Gasteiger partial charge in [-0.15, -0.1) is 0 Å². The molecule has 0 bridgehead atoms. The van der Waals surface area contributed by atoms with Gasteiger partial charge in [-0.2, -0.15) is 0 Å². The van der Waals surface area contributed by atoms with Gasteiger partial charge in [-0.3, -0.25) is 4.79 Å². The quantitative estimate of drug-likeness (QED) is 0.743. The van der Waals surface area contributed by atoms with Gasteiger partial charge in [-0.05, 0) is 30.3 Å². The van der Waals surface area contributed by atoms with Gasteiger partial charge >= 0.3 is 0 Å². The largest absolute Gasteiger partial charge is 0.289 e. The predicted molar refractivity (Wildman–Crippen MR) is 66.3 cm³/mol. The lowest BCUT2D eigenvalue weighted by Crippen LogP contribution is -2.03. The minimum atomic E-state index is -0.704. The summed E-state index contributed by atoms with van der Waals surface area (Å²) in [5.74, 6) is -1.93. The lowest BCUT2D eigenvalue weighted by Gasteiger charge is -2.05. The van der Waals surface area contributed by atoms with Crippen molar-refractivity contribution < 1.29 is 13.6 Å². The lowest BCUT2D eigenvalue weighted by molar-refractivity contribution is 0.103. The maximum atomic E-state index is 13.2. The number of benzene rings is 2. The zero-order valence-electron chi connectivity index (χ0n) is 8.88. The van der Waals surface area contributed by atoms with Gasteiger partial charge in [0.25, 0.3) is 0 Å². The monoisotopic (exact) mass is 286 g/mol. The molecule has 5 heteroatoms. The molecule has 0 radical (unpaired) electrons. The summed E-state index contributed by atoms with van der Waals surface area (Å²) in [6, 6.07) is 7.26. The van der Waals surface area contributed by atoms with Gasteiger partial charge in [-0.25, -0.2) is 8.78 Å². The molecule has 1 nitrogen and oxygen atoms in total. The molecule has 0 spiro atoms. The van der Waals surface area contributed by atoms with Gasteiger partial charge in [0.1, 0.15) is 11.6 Å². The molecule has 2 aromatic carbocycles. The third kappa shape index (κ3) is 2.52. The van der Waals surface area contributed by atoms with E-state index in [0.717, 1.165) is 18.2 Å². The number of hydrogen-bond donors (Lipinski definition) is 0. The molecule has 0 saturated heterocycles. The smallest absolute Gasteiger partial charge is 0.194 e. The van der Waals surface area contributed by atoms with Crippen LogP contribution in [0.3, 0.4) is 0 Å². The Morgan fingerprint density at radius 1 is 1.06 bits per heavy atom. The van der Waals surface area contributed by atoms with Crippen molar-refractivity contribution in [1.29, 1.82) is 0 Å². The molecular formula is C13H6Cl2F2O. The van der Waals surface area contributed by atoms with E-state index in [1.165, 1.54) is 18.2 Å². The standard InChI is InChI=1S/C13H6Cl2F2O/c14-8-4-7(5-9(16)6-8)13(18)10-2-1-3-11(17)12(10)15/h1-6H. The number of hydrogen-bond acceptors (Lipinski definition) is 1. The van der Waals surface area contributed by atoms with Crippen molar-refractivity contribution in [1.82, 2.24) is 0 Å². The van der Waals surface area contributed by atoms with Crippen LogP contribution in [0.25, 0.3) is 0 Å². The Labute approximate surface area is 112 Å². The highest BCUT2D eigenvalue weighted by Gasteiger charge is 2.16. The number of halogens is 4. The van der Waals surface area contributed by atoms with E-state index in [1.807, 2.05) is 0 Å². The molecule has 0 atom stereocenters. The maximum absolute atomic E-state index is 13.2. The van der Waals surface area contributed by atoms with Crippen LogP contribution in [0.1, 0.15) is 15.9 Å². The van der Waals surface area contributed by atoms with Gasteiger partial charge in [0, 0.05) is 16.1 Å². The molecule has 0 fully saturated rings. The van der Waals surface area contributed by atoms with E-state index in [2.05, 4.69) is 0 Å². The van der Waals surface area contributed by atoms with Crippen molar-refractivity contribution in [3.8, 4) is 0 Å². The van der Waals surface area contributed by atoms with Crippen LogP contribution in [0.2, 0.25) is 10.0 Å². The molecule has 0 aliphatic rings. The fraction of sp³-hybridized carbons (Fsp3) is 0. The van der Waals surface area contributed by atoms with Crippen LogP contribution >= 0.6 is 23.2 Å². The number of carbonyl (C=O) groups excluding carboxylic acids is 1. The summed E-state index contributed by atoms with van der Waals surface area (Å²) in [6.45, 7) is 0. The second-order valence-corrected chi connectivity index (χ2v) is 4.40. The molecule has 0 saturated carbocycles. The molecule has 0 aromatic heterocycles. The van der Waals surface area contributed by atoms with Crippen LogP contribution in [0.4, 0.5) is 8.78 Å². The number of carbonyl (C=O) groups is 1. The molecular weight excluding hydrogens is 281 g/mol. The average Bonchev–Trinajstić information content (AvgIpc) is 2.30. The van der Waals surface area contributed by atoms with Crippen molar-refractivity contribution in [3.63, 3.8) is 0 Å². The highest BCUT2D eigenvalue weighted by atomic mass is 35.5. The summed E-state index contributed by atoms with van der Waals surface area (Å²) in [7, 11) is 0. The minimum absolute atomic E-state index is 0.0208. The SMILES string of the molecule is O=C(c1cc(F)cc(Cl)c1)c1cccc(F)c1Cl.